The lowest BCUT2D eigenvalue weighted by atomic mass is 10.0. The smallest absolute Gasteiger partial charge is 0.338 e. The van der Waals surface area contributed by atoms with Crippen LogP contribution in [0.3, 0.4) is 0 Å². The number of esters is 1. The molecule has 0 heterocycles. The van der Waals surface area contributed by atoms with E-state index in [-0.39, 0.29) is 0 Å². The molecular formula is C11H10ClNO2. The standard InChI is InChI=1S/C11H10ClNO2/c1-3-8-9(11(14)15-2)5-4-7(6-13)10(8)12/h4-5H,3H2,1-2H3. The zero-order valence-corrected chi connectivity index (χ0v) is 9.26. The Balaban J connectivity index is 3.39. The number of benzene rings is 1. The Hall–Kier alpha value is -1.53. The van der Waals surface area contributed by atoms with E-state index in [2.05, 4.69) is 4.74 Å². The Labute approximate surface area is 93.2 Å². The molecular weight excluding hydrogens is 214 g/mol. The minimum atomic E-state index is -0.432. The number of hydrogen-bond donors (Lipinski definition) is 0. The lowest BCUT2D eigenvalue weighted by molar-refractivity contribution is 0.0599. The van der Waals surface area contributed by atoms with E-state index in [1.165, 1.54) is 13.2 Å². The molecule has 0 amide bonds. The average molecular weight is 224 g/mol. The lowest BCUT2D eigenvalue weighted by Gasteiger charge is -2.08. The summed E-state index contributed by atoms with van der Waals surface area (Å²) in [6.45, 7) is 1.87. The molecule has 0 N–H and O–H groups in total. The third kappa shape index (κ3) is 2.11. The predicted octanol–water partition coefficient (Wildman–Crippen LogP) is 2.56. The van der Waals surface area contributed by atoms with Crippen molar-refractivity contribution in [2.45, 2.75) is 13.3 Å². The van der Waals surface area contributed by atoms with E-state index < -0.39 is 5.97 Å². The maximum atomic E-state index is 11.4. The summed E-state index contributed by atoms with van der Waals surface area (Å²) in [5.74, 6) is -0.432. The molecule has 15 heavy (non-hydrogen) atoms. The molecule has 0 aromatic heterocycles. The quantitative estimate of drug-likeness (QED) is 0.724. The first-order chi connectivity index (χ1) is 7.15. The summed E-state index contributed by atoms with van der Waals surface area (Å²) in [6, 6.07) is 5.06. The largest absolute Gasteiger partial charge is 0.465 e. The van der Waals surface area contributed by atoms with Crippen LogP contribution in [0, 0.1) is 11.3 Å². The Morgan fingerprint density at radius 3 is 2.73 bits per heavy atom. The van der Waals surface area contributed by atoms with Crippen LogP contribution < -0.4 is 0 Å². The van der Waals surface area contributed by atoms with Crippen molar-refractivity contribution in [3.63, 3.8) is 0 Å². The second-order valence-corrected chi connectivity index (χ2v) is 3.29. The average Bonchev–Trinajstić information content (AvgIpc) is 2.27. The highest BCUT2D eigenvalue weighted by Gasteiger charge is 2.15. The van der Waals surface area contributed by atoms with Gasteiger partial charge in [-0.15, -0.1) is 0 Å². The van der Waals surface area contributed by atoms with Gasteiger partial charge < -0.3 is 4.74 Å². The van der Waals surface area contributed by atoms with Gasteiger partial charge in [-0.05, 0) is 24.1 Å². The van der Waals surface area contributed by atoms with Gasteiger partial charge in [0.25, 0.3) is 0 Å². The Kier molecular flexibility index (Phi) is 3.70. The normalized spacial score (nSPS) is 9.47. The van der Waals surface area contributed by atoms with Crippen molar-refractivity contribution in [3.05, 3.63) is 33.8 Å². The highest BCUT2D eigenvalue weighted by Crippen LogP contribution is 2.25. The fourth-order valence-electron chi connectivity index (χ4n) is 1.35. The maximum Gasteiger partial charge on any atom is 0.338 e. The van der Waals surface area contributed by atoms with Crippen LogP contribution in [0.15, 0.2) is 12.1 Å². The first kappa shape index (κ1) is 11.5. The second-order valence-electron chi connectivity index (χ2n) is 2.91. The monoisotopic (exact) mass is 223 g/mol. The number of nitriles is 1. The lowest BCUT2D eigenvalue weighted by Crippen LogP contribution is -2.06. The molecule has 0 saturated heterocycles. The molecule has 0 aliphatic carbocycles. The number of carbonyl (C=O) groups is 1. The van der Waals surface area contributed by atoms with Gasteiger partial charge in [0.05, 0.1) is 23.3 Å². The van der Waals surface area contributed by atoms with Crippen molar-refractivity contribution in [2.24, 2.45) is 0 Å². The predicted molar refractivity (Wildman–Crippen MR) is 56.9 cm³/mol. The van der Waals surface area contributed by atoms with E-state index in [9.17, 15) is 4.79 Å². The van der Waals surface area contributed by atoms with Gasteiger partial charge >= 0.3 is 5.97 Å². The van der Waals surface area contributed by atoms with Crippen LogP contribution in [-0.2, 0) is 11.2 Å². The van der Waals surface area contributed by atoms with E-state index in [1.807, 2.05) is 13.0 Å². The third-order valence-electron chi connectivity index (χ3n) is 2.12. The van der Waals surface area contributed by atoms with Gasteiger partial charge in [0.1, 0.15) is 6.07 Å². The van der Waals surface area contributed by atoms with Gasteiger partial charge in [-0.1, -0.05) is 18.5 Å². The van der Waals surface area contributed by atoms with Gasteiger partial charge in [0.2, 0.25) is 0 Å². The highest BCUT2D eigenvalue weighted by molar-refractivity contribution is 6.33. The van der Waals surface area contributed by atoms with Crippen molar-refractivity contribution in [3.8, 4) is 6.07 Å². The minimum absolute atomic E-state index is 0.336. The van der Waals surface area contributed by atoms with Crippen molar-refractivity contribution < 1.29 is 9.53 Å². The zero-order chi connectivity index (χ0) is 11.4. The number of ether oxygens (including phenoxy) is 1. The summed E-state index contributed by atoms with van der Waals surface area (Å²) in [4.78, 5) is 11.4. The van der Waals surface area contributed by atoms with E-state index in [1.54, 1.807) is 6.07 Å². The van der Waals surface area contributed by atoms with Gasteiger partial charge in [0.15, 0.2) is 0 Å². The molecule has 0 aliphatic rings. The Morgan fingerprint density at radius 1 is 1.60 bits per heavy atom. The van der Waals surface area contributed by atoms with Crippen molar-refractivity contribution in [2.75, 3.05) is 7.11 Å². The van der Waals surface area contributed by atoms with Crippen LogP contribution in [0.2, 0.25) is 5.02 Å². The van der Waals surface area contributed by atoms with Crippen molar-refractivity contribution in [1.29, 1.82) is 5.26 Å². The molecule has 0 radical (unpaired) electrons. The van der Waals surface area contributed by atoms with Gasteiger partial charge in [-0.25, -0.2) is 4.79 Å². The van der Waals surface area contributed by atoms with Crippen molar-refractivity contribution >= 4 is 17.6 Å². The molecule has 0 unspecified atom stereocenters. The van der Waals surface area contributed by atoms with Crippen molar-refractivity contribution in [1.82, 2.24) is 0 Å². The molecule has 4 heteroatoms. The van der Waals surface area contributed by atoms with Crippen LogP contribution >= 0.6 is 11.6 Å². The fraction of sp³-hybridized carbons (Fsp3) is 0.273. The van der Waals surface area contributed by atoms with E-state index in [0.29, 0.717) is 28.1 Å². The van der Waals surface area contributed by atoms with Crippen LogP contribution in [-0.4, -0.2) is 13.1 Å². The Morgan fingerprint density at radius 2 is 2.27 bits per heavy atom. The van der Waals surface area contributed by atoms with E-state index in [4.69, 9.17) is 16.9 Å². The summed E-state index contributed by atoms with van der Waals surface area (Å²) >= 11 is 5.98. The maximum absolute atomic E-state index is 11.4. The van der Waals surface area contributed by atoms with E-state index in [0.717, 1.165) is 0 Å². The molecule has 1 aromatic rings. The molecule has 0 spiro atoms. The molecule has 1 rings (SSSR count). The molecule has 78 valence electrons. The first-order valence-electron chi connectivity index (χ1n) is 4.45. The number of methoxy groups -OCH3 is 1. The van der Waals surface area contributed by atoms with Crippen LogP contribution in [0.1, 0.15) is 28.4 Å². The summed E-state index contributed by atoms with van der Waals surface area (Å²) in [5, 5.41) is 9.11. The first-order valence-corrected chi connectivity index (χ1v) is 4.83. The molecule has 0 saturated carbocycles. The molecule has 0 bridgehead atoms. The number of hydrogen-bond acceptors (Lipinski definition) is 3. The number of nitrogens with zero attached hydrogens (tertiary/aromatic N) is 1. The Bertz CT molecular complexity index is 435. The van der Waals surface area contributed by atoms with Gasteiger partial charge in [-0.3, -0.25) is 0 Å². The van der Waals surface area contributed by atoms with Gasteiger partial charge in [0, 0.05) is 0 Å². The number of rotatable bonds is 2. The molecule has 0 aliphatic heterocycles. The number of halogens is 1. The molecule has 3 nitrogen and oxygen atoms in total. The summed E-state index contributed by atoms with van der Waals surface area (Å²) < 4.78 is 4.63. The van der Waals surface area contributed by atoms with Crippen LogP contribution in [0.4, 0.5) is 0 Å². The summed E-state index contributed by atoms with van der Waals surface area (Å²) in [7, 11) is 1.31. The number of carbonyl (C=O) groups excluding carboxylic acids is 1. The van der Waals surface area contributed by atoms with E-state index >= 15 is 0 Å². The molecule has 1 aromatic carbocycles. The minimum Gasteiger partial charge on any atom is -0.465 e. The SMILES string of the molecule is CCc1c(C(=O)OC)ccc(C#N)c1Cl. The van der Waals surface area contributed by atoms with Crippen LogP contribution in [0.25, 0.3) is 0 Å². The van der Waals surface area contributed by atoms with Crippen LogP contribution in [0.5, 0.6) is 0 Å². The summed E-state index contributed by atoms with van der Waals surface area (Å²) in [6.07, 6.45) is 0.582. The summed E-state index contributed by atoms with van der Waals surface area (Å²) in [5.41, 5.74) is 1.45. The third-order valence-corrected chi connectivity index (χ3v) is 2.55. The topological polar surface area (TPSA) is 50.1 Å². The van der Waals surface area contributed by atoms with Gasteiger partial charge in [-0.2, -0.15) is 5.26 Å². The zero-order valence-electron chi connectivity index (χ0n) is 8.50. The molecule has 0 fully saturated rings. The highest BCUT2D eigenvalue weighted by atomic mass is 35.5. The fourth-order valence-corrected chi connectivity index (χ4v) is 1.70. The second kappa shape index (κ2) is 4.81. The molecule has 0 atom stereocenters.